The van der Waals surface area contributed by atoms with E-state index in [1.54, 1.807) is 12.3 Å². The molecule has 0 amide bonds. The number of fused-ring (bicyclic) bond motifs is 1. The zero-order valence-corrected chi connectivity index (χ0v) is 8.12. The molecule has 1 aliphatic rings. The maximum Gasteiger partial charge on any atom is 0.138 e. The number of benzene rings is 1. The molecular formula is C9H9ClN4. The Kier molecular flexibility index (Phi) is 2.47. The van der Waals surface area contributed by atoms with Crippen molar-refractivity contribution in [2.45, 2.75) is 0 Å². The van der Waals surface area contributed by atoms with Crippen molar-refractivity contribution in [3.63, 3.8) is 0 Å². The highest BCUT2D eigenvalue weighted by atomic mass is 35.5. The van der Waals surface area contributed by atoms with Crippen LogP contribution in [0.4, 0.5) is 5.69 Å². The summed E-state index contributed by atoms with van der Waals surface area (Å²) >= 11 is 5.85. The van der Waals surface area contributed by atoms with Gasteiger partial charge in [0.2, 0.25) is 0 Å². The first-order valence-corrected chi connectivity index (χ1v) is 4.51. The van der Waals surface area contributed by atoms with E-state index in [1.807, 2.05) is 12.1 Å². The molecule has 0 radical (unpaired) electrons. The first-order valence-electron chi connectivity index (χ1n) is 4.13. The Balaban J connectivity index is 2.51. The van der Waals surface area contributed by atoms with Gasteiger partial charge in [0.1, 0.15) is 5.84 Å². The molecule has 0 spiro atoms. The Bertz CT molecular complexity index is 411. The van der Waals surface area contributed by atoms with Crippen molar-refractivity contribution in [3.05, 3.63) is 28.8 Å². The lowest BCUT2D eigenvalue weighted by atomic mass is 10.2. The number of rotatable bonds is 0. The topological polar surface area (TPSA) is 62.8 Å². The fourth-order valence-corrected chi connectivity index (χ4v) is 1.40. The molecule has 1 aromatic rings. The predicted molar refractivity (Wildman–Crippen MR) is 58.3 cm³/mol. The van der Waals surface area contributed by atoms with Crippen LogP contribution in [0.2, 0.25) is 5.02 Å². The van der Waals surface area contributed by atoms with E-state index in [9.17, 15) is 0 Å². The van der Waals surface area contributed by atoms with Gasteiger partial charge in [-0.25, -0.2) is 10.8 Å². The van der Waals surface area contributed by atoms with Crippen LogP contribution >= 0.6 is 11.6 Å². The lowest BCUT2D eigenvalue weighted by molar-refractivity contribution is 0.993. The van der Waals surface area contributed by atoms with E-state index in [0.717, 1.165) is 11.3 Å². The molecule has 1 aliphatic heterocycles. The number of hydrogen-bond donors (Lipinski definition) is 2. The Morgan fingerprint density at radius 2 is 2.29 bits per heavy atom. The smallest absolute Gasteiger partial charge is 0.138 e. The van der Waals surface area contributed by atoms with Gasteiger partial charge in [0.25, 0.3) is 0 Å². The van der Waals surface area contributed by atoms with Gasteiger partial charge in [-0.3, -0.25) is 4.99 Å². The Morgan fingerprint density at radius 3 is 3.07 bits per heavy atom. The molecule has 0 unspecified atom stereocenters. The van der Waals surface area contributed by atoms with Gasteiger partial charge in [-0.1, -0.05) is 11.6 Å². The summed E-state index contributed by atoms with van der Waals surface area (Å²) in [5, 5.41) is 0.676. The van der Waals surface area contributed by atoms with Crippen molar-refractivity contribution in [3.8, 4) is 0 Å². The molecule has 0 aromatic heterocycles. The van der Waals surface area contributed by atoms with Gasteiger partial charge in [-0.05, 0) is 18.2 Å². The summed E-state index contributed by atoms with van der Waals surface area (Å²) < 4.78 is 0. The van der Waals surface area contributed by atoms with Crippen molar-refractivity contribution in [2.75, 3.05) is 6.54 Å². The third-order valence-electron chi connectivity index (χ3n) is 1.88. The number of nitrogens with one attached hydrogen (secondary N) is 1. The number of halogens is 1. The van der Waals surface area contributed by atoms with Crippen LogP contribution in [0.3, 0.4) is 0 Å². The summed E-state index contributed by atoms with van der Waals surface area (Å²) in [5.41, 5.74) is 4.23. The zero-order chi connectivity index (χ0) is 9.97. The van der Waals surface area contributed by atoms with E-state index in [-0.39, 0.29) is 0 Å². The number of amidine groups is 1. The van der Waals surface area contributed by atoms with Crippen LogP contribution in [0.1, 0.15) is 5.56 Å². The number of nitrogens with zero attached hydrogens (tertiary/aromatic N) is 2. The molecule has 0 atom stereocenters. The molecular weight excluding hydrogens is 200 g/mol. The molecule has 0 aliphatic carbocycles. The van der Waals surface area contributed by atoms with Crippen molar-refractivity contribution in [1.82, 2.24) is 5.43 Å². The van der Waals surface area contributed by atoms with Crippen LogP contribution < -0.4 is 11.3 Å². The molecule has 3 N–H and O–H groups in total. The molecule has 0 bridgehead atoms. The number of hydrazine groups is 1. The van der Waals surface area contributed by atoms with E-state index in [4.69, 9.17) is 17.4 Å². The molecule has 0 saturated heterocycles. The fourth-order valence-electron chi connectivity index (χ4n) is 1.22. The molecule has 72 valence electrons. The zero-order valence-electron chi connectivity index (χ0n) is 7.37. The summed E-state index contributed by atoms with van der Waals surface area (Å²) in [6, 6.07) is 5.45. The maximum absolute atomic E-state index is 5.85. The highest BCUT2D eigenvalue weighted by Crippen LogP contribution is 2.22. The SMILES string of the molecule is NNC1=Nc2ccc(Cl)cc2C=NC1. The highest BCUT2D eigenvalue weighted by molar-refractivity contribution is 6.31. The molecule has 4 nitrogen and oxygen atoms in total. The fraction of sp³-hybridized carbons (Fsp3) is 0.111. The predicted octanol–water partition coefficient (Wildman–Crippen LogP) is 1.27. The van der Waals surface area contributed by atoms with Crippen LogP contribution in [-0.2, 0) is 0 Å². The minimum Gasteiger partial charge on any atom is -0.310 e. The van der Waals surface area contributed by atoms with Crippen LogP contribution in [0, 0.1) is 0 Å². The summed E-state index contributed by atoms with van der Waals surface area (Å²) in [5.74, 6) is 5.92. The van der Waals surface area contributed by atoms with Gasteiger partial charge in [-0.2, -0.15) is 0 Å². The molecule has 0 fully saturated rings. The molecule has 14 heavy (non-hydrogen) atoms. The Hall–Kier alpha value is -1.39. The van der Waals surface area contributed by atoms with E-state index >= 15 is 0 Å². The van der Waals surface area contributed by atoms with Crippen LogP contribution in [0.15, 0.2) is 28.2 Å². The maximum atomic E-state index is 5.85. The standard InChI is InChI=1S/C9H9ClN4/c10-7-1-2-8-6(3-7)4-12-5-9(13-8)14-11/h1-4H,5,11H2,(H,13,14). The monoisotopic (exact) mass is 208 g/mol. The first-order chi connectivity index (χ1) is 6.79. The van der Waals surface area contributed by atoms with Gasteiger partial charge in [0.15, 0.2) is 0 Å². The second-order valence-corrected chi connectivity index (χ2v) is 3.31. The lowest BCUT2D eigenvalue weighted by Crippen LogP contribution is -2.31. The number of aliphatic imine (C=N–C) groups is 2. The minimum atomic E-state index is 0.461. The Morgan fingerprint density at radius 1 is 1.43 bits per heavy atom. The average molecular weight is 209 g/mol. The summed E-state index contributed by atoms with van der Waals surface area (Å²) in [6.07, 6.45) is 1.75. The van der Waals surface area contributed by atoms with Gasteiger partial charge in [-0.15, -0.1) is 0 Å². The minimum absolute atomic E-state index is 0.461. The molecule has 2 rings (SSSR count). The van der Waals surface area contributed by atoms with Crippen molar-refractivity contribution < 1.29 is 0 Å². The summed E-state index contributed by atoms with van der Waals surface area (Å²) in [7, 11) is 0. The van der Waals surface area contributed by atoms with Gasteiger partial charge in [0.05, 0.1) is 12.2 Å². The molecule has 1 aromatic carbocycles. The van der Waals surface area contributed by atoms with E-state index < -0.39 is 0 Å². The quantitative estimate of drug-likeness (QED) is 0.498. The van der Waals surface area contributed by atoms with Gasteiger partial charge < -0.3 is 5.43 Å². The second kappa shape index (κ2) is 3.77. The summed E-state index contributed by atoms with van der Waals surface area (Å²) in [4.78, 5) is 8.44. The highest BCUT2D eigenvalue weighted by Gasteiger charge is 2.05. The van der Waals surface area contributed by atoms with E-state index in [2.05, 4.69) is 15.4 Å². The van der Waals surface area contributed by atoms with Crippen molar-refractivity contribution >= 4 is 29.3 Å². The molecule has 0 saturated carbocycles. The Labute approximate surface area is 86.5 Å². The molecule has 1 heterocycles. The molecule has 5 heteroatoms. The van der Waals surface area contributed by atoms with Crippen LogP contribution in [0.5, 0.6) is 0 Å². The van der Waals surface area contributed by atoms with E-state index in [0.29, 0.717) is 17.4 Å². The number of hydrogen-bond acceptors (Lipinski definition) is 4. The number of nitrogens with two attached hydrogens (primary N) is 1. The second-order valence-electron chi connectivity index (χ2n) is 2.88. The first kappa shape index (κ1) is 9.18. The third-order valence-corrected chi connectivity index (χ3v) is 2.12. The normalized spacial score (nSPS) is 14.3. The third kappa shape index (κ3) is 1.76. The van der Waals surface area contributed by atoms with Crippen molar-refractivity contribution in [2.24, 2.45) is 15.8 Å². The van der Waals surface area contributed by atoms with Gasteiger partial charge >= 0.3 is 0 Å². The summed E-state index contributed by atoms with van der Waals surface area (Å²) in [6.45, 7) is 0.461. The lowest BCUT2D eigenvalue weighted by Gasteiger charge is -2.01. The van der Waals surface area contributed by atoms with E-state index in [1.165, 1.54) is 0 Å². The van der Waals surface area contributed by atoms with Gasteiger partial charge in [0, 0.05) is 16.8 Å². The average Bonchev–Trinajstić information content (AvgIpc) is 2.38. The van der Waals surface area contributed by atoms with Crippen LogP contribution in [-0.4, -0.2) is 18.6 Å². The van der Waals surface area contributed by atoms with Crippen molar-refractivity contribution in [1.29, 1.82) is 0 Å². The van der Waals surface area contributed by atoms with Crippen LogP contribution in [0.25, 0.3) is 0 Å². The largest absolute Gasteiger partial charge is 0.310 e.